The Morgan fingerprint density at radius 2 is 2.00 bits per heavy atom. The number of aromatic amines is 1. The highest BCUT2D eigenvalue weighted by molar-refractivity contribution is 7.73. The highest BCUT2D eigenvalue weighted by Crippen LogP contribution is 2.17. The van der Waals surface area contributed by atoms with E-state index in [2.05, 4.69) is 11.1 Å². The molecule has 0 radical (unpaired) electrons. The molecule has 58 valence electrons. The summed E-state index contributed by atoms with van der Waals surface area (Å²) in [6.07, 6.45) is 0. The molecular formula is C7H7NOS2. The number of nitrogens with one attached hydrogen (secondary N) is 1. The smallest absolute Gasteiger partial charge is 0.159 e. The van der Waals surface area contributed by atoms with E-state index in [1.807, 2.05) is 18.2 Å². The van der Waals surface area contributed by atoms with Gasteiger partial charge < -0.3 is 10.5 Å². The minimum atomic E-state index is 0. The van der Waals surface area contributed by atoms with E-state index < -0.39 is 0 Å². The van der Waals surface area contributed by atoms with Crippen molar-refractivity contribution in [3.05, 3.63) is 28.2 Å². The van der Waals surface area contributed by atoms with Crippen LogP contribution in [-0.4, -0.2) is 10.5 Å². The second kappa shape index (κ2) is 3.13. The molecule has 2 rings (SSSR count). The summed E-state index contributed by atoms with van der Waals surface area (Å²) in [5.41, 5.74) is 1.14. The van der Waals surface area contributed by atoms with Crippen molar-refractivity contribution in [2.45, 2.75) is 0 Å². The van der Waals surface area contributed by atoms with E-state index in [-0.39, 0.29) is 5.48 Å². The molecule has 1 aromatic heterocycles. The molecule has 0 unspecified atom stereocenters. The minimum Gasteiger partial charge on any atom is -0.412 e. The molecule has 0 aliphatic rings. The normalized spacial score (nSPS) is 9.45. The number of rotatable bonds is 0. The Hall–Kier alpha value is -0.710. The van der Waals surface area contributed by atoms with Crippen LogP contribution in [0.25, 0.3) is 10.2 Å². The van der Waals surface area contributed by atoms with Crippen molar-refractivity contribution in [3.63, 3.8) is 0 Å². The van der Waals surface area contributed by atoms with Crippen LogP contribution in [-0.2, 0) is 0 Å². The van der Waals surface area contributed by atoms with Gasteiger partial charge in [0.2, 0.25) is 0 Å². The van der Waals surface area contributed by atoms with Crippen molar-refractivity contribution in [1.29, 1.82) is 0 Å². The van der Waals surface area contributed by atoms with E-state index in [0.29, 0.717) is 0 Å². The third kappa shape index (κ3) is 1.48. The van der Waals surface area contributed by atoms with E-state index in [9.17, 15) is 0 Å². The molecule has 0 aliphatic heterocycles. The third-order valence-electron chi connectivity index (χ3n) is 1.33. The first-order valence-electron chi connectivity index (χ1n) is 2.94. The van der Waals surface area contributed by atoms with E-state index in [1.54, 1.807) is 11.3 Å². The summed E-state index contributed by atoms with van der Waals surface area (Å²) >= 11 is 6.59. The van der Waals surface area contributed by atoms with Gasteiger partial charge >= 0.3 is 0 Å². The summed E-state index contributed by atoms with van der Waals surface area (Å²) in [7, 11) is 0. The van der Waals surface area contributed by atoms with Gasteiger partial charge in [0.25, 0.3) is 0 Å². The van der Waals surface area contributed by atoms with Crippen molar-refractivity contribution in [2.75, 3.05) is 0 Å². The first-order chi connectivity index (χ1) is 4.86. The molecule has 0 spiro atoms. The Balaban J connectivity index is 0.000000605. The summed E-state index contributed by atoms with van der Waals surface area (Å²) in [5.74, 6) is 0. The Morgan fingerprint density at radius 1 is 1.27 bits per heavy atom. The Morgan fingerprint density at radius 3 is 2.73 bits per heavy atom. The number of para-hydroxylation sites is 1. The molecule has 3 N–H and O–H groups in total. The molecule has 1 heterocycles. The number of hydrogen-bond acceptors (Lipinski definition) is 2. The number of hydrogen-bond donors (Lipinski definition) is 1. The lowest BCUT2D eigenvalue weighted by Crippen LogP contribution is -1.62. The van der Waals surface area contributed by atoms with Crippen LogP contribution in [0.15, 0.2) is 24.3 Å². The lowest BCUT2D eigenvalue weighted by Gasteiger charge is -1.81. The summed E-state index contributed by atoms with van der Waals surface area (Å²) in [6, 6.07) is 8.11. The number of benzene rings is 1. The SMILES string of the molecule is O.S=c1[nH]c2ccccc2s1. The highest BCUT2D eigenvalue weighted by Gasteiger charge is 1.91. The maximum absolute atomic E-state index is 4.98. The maximum Gasteiger partial charge on any atom is 0.159 e. The predicted octanol–water partition coefficient (Wildman–Crippen LogP) is 2.13. The standard InChI is InChI=1S/C7H5NS2.H2O/c9-7-8-5-3-1-2-4-6(5)10-7;/h1-4H,(H,8,9);1H2. The van der Waals surface area contributed by atoms with Crippen molar-refractivity contribution >= 4 is 33.8 Å². The molecule has 0 bridgehead atoms. The molecule has 0 aliphatic carbocycles. The molecule has 0 saturated carbocycles. The van der Waals surface area contributed by atoms with Crippen LogP contribution in [0.5, 0.6) is 0 Å². The Kier molecular flexibility index (Phi) is 2.38. The van der Waals surface area contributed by atoms with Gasteiger partial charge in [0, 0.05) is 0 Å². The van der Waals surface area contributed by atoms with Crippen LogP contribution in [0.2, 0.25) is 0 Å². The van der Waals surface area contributed by atoms with Gasteiger partial charge in [-0.25, -0.2) is 0 Å². The van der Waals surface area contributed by atoms with Gasteiger partial charge in [-0.15, -0.1) is 11.3 Å². The van der Waals surface area contributed by atoms with Gasteiger partial charge in [0.05, 0.1) is 10.2 Å². The Labute approximate surface area is 72.8 Å². The van der Waals surface area contributed by atoms with Gasteiger partial charge in [-0.1, -0.05) is 12.1 Å². The van der Waals surface area contributed by atoms with E-state index >= 15 is 0 Å². The molecule has 2 nitrogen and oxygen atoms in total. The average molecular weight is 185 g/mol. The lowest BCUT2D eigenvalue weighted by atomic mass is 10.3. The predicted molar refractivity (Wildman–Crippen MR) is 50.6 cm³/mol. The van der Waals surface area contributed by atoms with Crippen molar-refractivity contribution in [1.82, 2.24) is 4.98 Å². The topological polar surface area (TPSA) is 47.3 Å². The fourth-order valence-corrected chi connectivity index (χ4v) is 2.01. The van der Waals surface area contributed by atoms with Crippen molar-refractivity contribution in [3.8, 4) is 0 Å². The fourth-order valence-electron chi connectivity index (χ4n) is 0.894. The molecule has 0 fully saturated rings. The molecule has 1 aromatic carbocycles. The summed E-state index contributed by atoms with van der Waals surface area (Å²) < 4.78 is 2.08. The Bertz CT molecular complexity index is 368. The first kappa shape index (κ1) is 8.39. The zero-order valence-corrected chi connectivity index (χ0v) is 7.26. The molecule has 2 aromatic rings. The molecule has 0 atom stereocenters. The summed E-state index contributed by atoms with van der Waals surface area (Å²) in [4.78, 5) is 3.09. The van der Waals surface area contributed by atoms with Crippen molar-refractivity contribution < 1.29 is 5.48 Å². The zero-order valence-electron chi connectivity index (χ0n) is 5.63. The quantitative estimate of drug-likeness (QED) is 0.628. The second-order valence-electron chi connectivity index (χ2n) is 2.01. The van der Waals surface area contributed by atoms with Crippen molar-refractivity contribution in [2.24, 2.45) is 0 Å². The van der Waals surface area contributed by atoms with Gasteiger partial charge in [-0.3, -0.25) is 0 Å². The third-order valence-corrected chi connectivity index (χ3v) is 2.54. The number of fused-ring (bicyclic) bond motifs is 1. The lowest BCUT2D eigenvalue weighted by molar-refractivity contribution is 0.824. The van der Waals surface area contributed by atoms with Crippen LogP contribution < -0.4 is 0 Å². The fraction of sp³-hybridized carbons (Fsp3) is 0. The van der Waals surface area contributed by atoms with Gasteiger partial charge in [-0.05, 0) is 24.4 Å². The minimum absolute atomic E-state index is 0. The van der Waals surface area contributed by atoms with E-state index in [1.165, 1.54) is 4.70 Å². The number of H-pyrrole nitrogens is 1. The molecule has 0 saturated heterocycles. The summed E-state index contributed by atoms with van der Waals surface area (Å²) in [6.45, 7) is 0. The van der Waals surface area contributed by atoms with Crippen LogP contribution >= 0.6 is 23.6 Å². The highest BCUT2D eigenvalue weighted by atomic mass is 32.1. The molecular weight excluding hydrogens is 178 g/mol. The number of aromatic nitrogens is 1. The maximum atomic E-state index is 4.98. The molecule has 11 heavy (non-hydrogen) atoms. The molecule has 0 amide bonds. The number of thiazole rings is 1. The van der Waals surface area contributed by atoms with Crippen LogP contribution in [0, 0.1) is 3.95 Å². The van der Waals surface area contributed by atoms with Gasteiger partial charge in [-0.2, -0.15) is 0 Å². The largest absolute Gasteiger partial charge is 0.412 e. The van der Waals surface area contributed by atoms with E-state index in [0.717, 1.165) is 9.47 Å². The summed E-state index contributed by atoms with van der Waals surface area (Å²) in [5, 5.41) is 0. The first-order valence-corrected chi connectivity index (χ1v) is 4.16. The second-order valence-corrected chi connectivity index (χ2v) is 3.73. The monoisotopic (exact) mass is 185 g/mol. The zero-order chi connectivity index (χ0) is 6.97. The average Bonchev–Trinajstić information content (AvgIpc) is 2.27. The van der Waals surface area contributed by atoms with Gasteiger partial charge in [0.1, 0.15) is 0 Å². The van der Waals surface area contributed by atoms with Gasteiger partial charge in [0.15, 0.2) is 3.95 Å². The van der Waals surface area contributed by atoms with Crippen LogP contribution in [0.1, 0.15) is 0 Å². The molecule has 4 heteroatoms. The van der Waals surface area contributed by atoms with E-state index in [4.69, 9.17) is 12.2 Å². The van der Waals surface area contributed by atoms with Crippen LogP contribution in [0.4, 0.5) is 0 Å². The van der Waals surface area contributed by atoms with Crippen LogP contribution in [0.3, 0.4) is 0 Å².